The Labute approximate surface area is 96.5 Å². The normalized spacial score (nSPS) is 12.5. The number of rotatable bonds is 5. The van der Waals surface area contributed by atoms with Gasteiger partial charge in [0.25, 0.3) is 0 Å². The number of imidazole rings is 1. The molecule has 0 aliphatic rings. The lowest BCUT2D eigenvalue weighted by Crippen LogP contribution is -2.36. The molecule has 0 saturated carbocycles. The molecule has 1 aromatic heterocycles. The van der Waals surface area contributed by atoms with Crippen LogP contribution >= 0.6 is 0 Å². The first-order chi connectivity index (χ1) is 7.56. The first kappa shape index (κ1) is 12.7. The molecule has 0 aliphatic heterocycles. The second-order valence-electron chi connectivity index (χ2n) is 3.91. The molecule has 0 bridgehead atoms. The highest BCUT2D eigenvalue weighted by molar-refractivity contribution is 5.77. The number of likely N-dealkylation sites (N-methyl/N-ethyl adjacent to an activating group) is 1. The minimum atomic E-state index is 0.0780. The van der Waals surface area contributed by atoms with Crippen molar-refractivity contribution in [3.05, 3.63) is 18.2 Å². The Kier molecular flexibility index (Phi) is 4.49. The maximum absolute atomic E-state index is 11.6. The van der Waals surface area contributed by atoms with Gasteiger partial charge in [-0.1, -0.05) is 0 Å². The number of nitrogens with zero attached hydrogens (tertiary/aromatic N) is 3. The van der Waals surface area contributed by atoms with Gasteiger partial charge in [-0.3, -0.25) is 10.1 Å². The van der Waals surface area contributed by atoms with Crippen LogP contribution in [0.4, 0.5) is 0 Å². The minimum absolute atomic E-state index is 0.0780. The Bertz CT molecular complexity index is 348. The van der Waals surface area contributed by atoms with Gasteiger partial charge in [-0.2, -0.15) is 0 Å². The third kappa shape index (κ3) is 3.06. The highest BCUT2D eigenvalue weighted by Gasteiger charge is 2.12. The Morgan fingerprint density at radius 3 is 2.88 bits per heavy atom. The Morgan fingerprint density at radius 2 is 2.38 bits per heavy atom. The topological polar surface area (TPSA) is 50.2 Å². The van der Waals surface area contributed by atoms with E-state index in [9.17, 15) is 4.79 Å². The van der Waals surface area contributed by atoms with Gasteiger partial charge >= 0.3 is 0 Å². The molecule has 1 atom stereocenters. The van der Waals surface area contributed by atoms with Gasteiger partial charge in [0, 0.05) is 33.0 Å². The van der Waals surface area contributed by atoms with Crippen LogP contribution in [0.1, 0.15) is 25.7 Å². The fraction of sp³-hybridized carbons (Fsp3) is 0.636. The molecule has 0 saturated heterocycles. The van der Waals surface area contributed by atoms with Crippen molar-refractivity contribution >= 4 is 5.91 Å². The van der Waals surface area contributed by atoms with E-state index in [0.717, 1.165) is 12.4 Å². The number of hydrogen-bond acceptors (Lipinski definition) is 3. The minimum Gasteiger partial charge on any atom is -0.345 e. The van der Waals surface area contributed by atoms with Crippen LogP contribution in [0.3, 0.4) is 0 Å². The second-order valence-corrected chi connectivity index (χ2v) is 3.91. The van der Waals surface area contributed by atoms with Crippen LogP contribution in [0.5, 0.6) is 0 Å². The molecule has 1 amide bonds. The Hall–Kier alpha value is -1.36. The zero-order chi connectivity index (χ0) is 12.1. The molecule has 0 aromatic carbocycles. The van der Waals surface area contributed by atoms with Gasteiger partial charge in [-0.05, 0) is 13.8 Å². The van der Waals surface area contributed by atoms with Gasteiger partial charge in [0.2, 0.25) is 5.91 Å². The number of carbonyl (C=O) groups excluding carboxylic acids is 1. The van der Waals surface area contributed by atoms with E-state index < -0.39 is 0 Å². The molecule has 1 rings (SSSR count). The van der Waals surface area contributed by atoms with Gasteiger partial charge in [0.1, 0.15) is 5.82 Å². The third-order valence-corrected chi connectivity index (χ3v) is 2.71. The Morgan fingerprint density at radius 1 is 1.69 bits per heavy atom. The molecular weight excluding hydrogens is 204 g/mol. The first-order valence-corrected chi connectivity index (χ1v) is 5.50. The van der Waals surface area contributed by atoms with Crippen molar-refractivity contribution in [3.8, 4) is 0 Å². The largest absolute Gasteiger partial charge is 0.345 e. The van der Waals surface area contributed by atoms with E-state index in [4.69, 9.17) is 0 Å². The van der Waals surface area contributed by atoms with E-state index in [0.29, 0.717) is 6.54 Å². The van der Waals surface area contributed by atoms with Crippen LogP contribution in [-0.2, 0) is 11.8 Å². The summed E-state index contributed by atoms with van der Waals surface area (Å²) in [7, 11) is 3.75. The third-order valence-electron chi connectivity index (χ3n) is 2.71. The van der Waals surface area contributed by atoms with Crippen molar-refractivity contribution in [2.45, 2.75) is 19.9 Å². The summed E-state index contributed by atoms with van der Waals surface area (Å²) in [6, 6.07) is 0.0780. The lowest BCUT2D eigenvalue weighted by Gasteiger charge is -2.17. The summed E-state index contributed by atoms with van der Waals surface area (Å²) in [6.45, 7) is 5.04. The molecule has 5 heteroatoms. The predicted molar refractivity (Wildman–Crippen MR) is 62.9 cm³/mol. The molecule has 5 nitrogen and oxygen atoms in total. The lowest BCUT2D eigenvalue weighted by molar-refractivity contribution is -0.128. The van der Waals surface area contributed by atoms with E-state index in [-0.39, 0.29) is 11.9 Å². The molecule has 0 radical (unpaired) electrons. The average molecular weight is 224 g/mol. The highest BCUT2D eigenvalue weighted by Crippen LogP contribution is 2.07. The number of nitrogens with one attached hydrogen (secondary N) is 1. The van der Waals surface area contributed by atoms with Crippen molar-refractivity contribution in [3.63, 3.8) is 0 Å². The van der Waals surface area contributed by atoms with Crippen LogP contribution in [0.25, 0.3) is 0 Å². The summed E-state index contributed by atoms with van der Waals surface area (Å²) in [5.41, 5.74) is 0. The molecule has 0 fully saturated rings. The van der Waals surface area contributed by atoms with Crippen molar-refractivity contribution < 1.29 is 4.79 Å². The predicted octanol–water partition coefficient (Wildman–Crippen LogP) is 0.549. The van der Waals surface area contributed by atoms with Gasteiger partial charge < -0.3 is 9.47 Å². The van der Waals surface area contributed by atoms with Gasteiger partial charge in [-0.15, -0.1) is 0 Å². The summed E-state index contributed by atoms with van der Waals surface area (Å²) in [6.07, 6.45) is 3.65. The van der Waals surface area contributed by atoms with E-state index in [1.54, 1.807) is 18.1 Å². The molecule has 16 heavy (non-hydrogen) atoms. The smallest absolute Gasteiger partial charge is 0.236 e. The zero-order valence-corrected chi connectivity index (χ0v) is 10.4. The molecule has 1 aromatic rings. The van der Waals surface area contributed by atoms with Crippen molar-refractivity contribution in [1.29, 1.82) is 0 Å². The molecule has 1 N–H and O–H groups in total. The van der Waals surface area contributed by atoms with Crippen molar-refractivity contribution in [2.24, 2.45) is 7.05 Å². The fourth-order valence-corrected chi connectivity index (χ4v) is 1.44. The fourth-order valence-electron chi connectivity index (χ4n) is 1.44. The van der Waals surface area contributed by atoms with Gasteiger partial charge in [-0.25, -0.2) is 4.98 Å². The lowest BCUT2D eigenvalue weighted by atomic mass is 10.3. The quantitative estimate of drug-likeness (QED) is 0.794. The molecule has 1 heterocycles. The van der Waals surface area contributed by atoms with Gasteiger partial charge in [0.15, 0.2) is 0 Å². The number of hydrogen-bond donors (Lipinski definition) is 1. The van der Waals surface area contributed by atoms with Crippen LogP contribution in [0, 0.1) is 0 Å². The summed E-state index contributed by atoms with van der Waals surface area (Å²) in [4.78, 5) is 17.5. The SMILES string of the molecule is CCN(C)C(=O)CNC(C)c1nccn1C. The van der Waals surface area contributed by atoms with Crippen LogP contribution < -0.4 is 5.32 Å². The molecule has 0 spiro atoms. The standard InChI is InChI=1S/C11H20N4O/c1-5-14(3)10(16)8-13-9(2)11-12-6-7-15(11)4/h6-7,9,13H,5,8H2,1-4H3. The van der Waals surface area contributed by atoms with Gasteiger partial charge in [0.05, 0.1) is 12.6 Å². The van der Waals surface area contributed by atoms with Crippen LogP contribution in [-0.4, -0.2) is 40.5 Å². The van der Waals surface area contributed by atoms with E-state index >= 15 is 0 Å². The molecule has 1 unspecified atom stereocenters. The summed E-state index contributed by atoms with van der Waals surface area (Å²) in [5.74, 6) is 1.04. The number of amides is 1. The maximum Gasteiger partial charge on any atom is 0.236 e. The summed E-state index contributed by atoms with van der Waals surface area (Å²) >= 11 is 0. The van der Waals surface area contributed by atoms with Crippen molar-refractivity contribution in [1.82, 2.24) is 19.8 Å². The van der Waals surface area contributed by atoms with Crippen LogP contribution in [0.2, 0.25) is 0 Å². The average Bonchev–Trinajstić information content (AvgIpc) is 2.70. The monoisotopic (exact) mass is 224 g/mol. The maximum atomic E-state index is 11.6. The van der Waals surface area contributed by atoms with Crippen molar-refractivity contribution in [2.75, 3.05) is 20.1 Å². The van der Waals surface area contributed by atoms with E-state index in [1.165, 1.54) is 0 Å². The second kappa shape index (κ2) is 5.65. The summed E-state index contributed by atoms with van der Waals surface area (Å²) < 4.78 is 1.95. The number of carbonyl (C=O) groups is 1. The number of aryl methyl sites for hydroxylation is 1. The van der Waals surface area contributed by atoms with E-state index in [2.05, 4.69) is 10.3 Å². The van der Waals surface area contributed by atoms with E-state index in [1.807, 2.05) is 31.7 Å². The molecule has 0 aliphatic carbocycles. The first-order valence-electron chi connectivity index (χ1n) is 5.50. The summed E-state index contributed by atoms with van der Waals surface area (Å²) in [5, 5.41) is 3.17. The Balaban J connectivity index is 2.45. The zero-order valence-electron chi connectivity index (χ0n) is 10.4. The number of aromatic nitrogens is 2. The van der Waals surface area contributed by atoms with Crippen LogP contribution in [0.15, 0.2) is 12.4 Å². The molecular formula is C11H20N4O. The highest BCUT2D eigenvalue weighted by atomic mass is 16.2. The molecule has 90 valence electrons.